The van der Waals surface area contributed by atoms with E-state index in [0.717, 1.165) is 18.7 Å². The lowest BCUT2D eigenvalue weighted by atomic mass is 10.2. The topological polar surface area (TPSA) is 15.6 Å². The zero-order valence-corrected chi connectivity index (χ0v) is 15.2. The summed E-state index contributed by atoms with van der Waals surface area (Å²) in [5, 5.41) is 7.89. The number of hydrazone groups is 1. The van der Waals surface area contributed by atoms with Crippen molar-refractivity contribution >= 4 is 29.4 Å². The van der Waals surface area contributed by atoms with E-state index in [1.807, 2.05) is 53.5 Å². The van der Waals surface area contributed by atoms with Crippen LogP contribution in [-0.2, 0) is 13.1 Å². The van der Waals surface area contributed by atoms with Gasteiger partial charge in [0, 0.05) is 10.0 Å². The van der Waals surface area contributed by atoms with Crippen LogP contribution in [-0.4, -0.2) is 11.2 Å². The summed E-state index contributed by atoms with van der Waals surface area (Å²) in [7, 11) is 0. The maximum absolute atomic E-state index is 6.07. The quantitative estimate of drug-likeness (QED) is 0.383. The maximum atomic E-state index is 6.07. The first-order chi connectivity index (χ1) is 12.2. The predicted molar refractivity (Wildman–Crippen MR) is 106 cm³/mol. The predicted octanol–water partition coefficient (Wildman–Crippen LogP) is 6.03. The largest absolute Gasteiger partial charge is 0.288 e. The maximum Gasteiger partial charge on any atom is 0.0614 e. The van der Waals surface area contributed by atoms with E-state index < -0.39 is 0 Å². The molecule has 3 rings (SSSR count). The van der Waals surface area contributed by atoms with Crippen molar-refractivity contribution in [3.8, 4) is 0 Å². The van der Waals surface area contributed by atoms with E-state index >= 15 is 0 Å². The Balaban J connectivity index is 1.80. The first-order valence-electron chi connectivity index (χ1n) is 8.02. The van der Waals surface area contributed by atoms with Crippen molar-refractivity contribution in [2.75, 3.05) is 0 Å². The van der Waals surface area contributed by atoms with E-state index in [9.17, 15) is 0 Å². The van der Waals surface area contributed by atoms with Crippen LogP contribution in [0.2, 0.25) is 10.0 Å². The van der Waals surface area contributed by atoms with Crippen LogP contribution in [0.5, 0.6) is 0 Å². The molecule has 0 heterocycles. The molecule has 0 radical (unpaired) electrons. The summed E-state index contributed by atoms with van der Waals surface area (Å²) in [5.41, 5.74) is 3.29. The fraction of sp³-hybridized carbons (Fsp3) is 0.0952. The summed E-state index contributed by atoms with van der Waals surface area (Å²) in [6.07, 6.45) is 1.80. The van der Waals surface area contributed by atoms with Gasteiger partial charge in [0.05, 0.1) is 19.3 Å². The smallest absolute Gasteiger partial charge is 0.0614 e. The van der Waals surface area contributed by atoms with Gasteiger partial charge in [-0.05, 0) is 34.9 Å². The summed E-state index contributed by atoms with van der Waals surface area (Å²) in [6, 6.07) is 26.0. The molecule has 0 N–H and O–H groups in total. The lowest BCUT2D eigenvalue weighted by Gasteiger charge is -2.19. The molecule has 0 aromatic heterocycles. The molecule has 0 saturated carbocycles. The lowest BCUT2D eigenvalue weighted by Crippen LogP contribution is -2.17. The number of hydrogen-bond acceptors (Lipinski definition) is 2. The van der Waals surface area contributed by atoms with E-state index in [2.05, 4.69) is 29.4 Å². The molecule has 0 saturated heterocycles. The van der Waals surface area contributed by atoms with Crippen molar-refractivity contribution in [2.45, 2.75) is 13.1 Å². The fourth-order valence-corrected chi connectivity index (χ4v) is 3.07. The first kappa shape index (κ1) is 17.5. The normalized spacial score (nSPS) is 11.0. The Hall–Kier alpha value is -2.29. The standard InChI is InChI=1S/C21H18Cl2N2/c22-20-11-19(12-21(23)13-20)14-24-25(15-17-7-3-1-4-8-17)16-18-9-5-2-6-10-18/h1-14H,15-16H2. The van der Waals surface area contributed by atoms with Gasteiger partial charge < -0.3 is 0 Å². The van der Waals surface area contributed by atoms with Gasteiger partial charge in [0.1, 0.15) is 0 Å². The number of halogens is 2. The monoisotopic (exact) mass is 368 g/mol. The van der Waals surface area contributed by atoms with Gasteiger partial charge in [0.2, 0.25) is 0 Å². The molecular weight excluding hydrogens is 351 g/mol. The average molecular weight is 369 g/mol. The summed E-state index contributed by atoms with van der Waals surface area (Å²) >= 11 is 12.1. The zero-order valence-electron chi connectivity index (χ0n) is 13.6. The molecule has 0 aliphatic heterocycles. The van der Waals surface area contributed by atoms with Crippen LogP contribution in [0.3, 0.4) is 0 Å². The lowest BCUT2D eigenvalue weighted by molar-refractivity contribution is 0.272. The van der Waals surface area contributed by atoms with Crippen molar-refractivity contribution < 1.29 is 0 Å². The third-order valence-electron chi connectivity index (χ3n) is 3.67. The second-order valence-corrected chi connectivity index (χ2v) is 6.61. The van der Waals surface area contributed by atoms with Crippen molar-refractivity contribution in [3.63, 3.8) is 0 Å². The number of benzene rings is 3. The SMILES string of the molecule is Clc1cc(Cl)cc(C=NN(Cc2ccccc2)Cc2ccccc2)c1. The molecule has 0 aliphatic carbocycles. The van der Waals surface area contributed by atoms with E-state index in [1.54, 1.807) is 12.3 Å². The number of nitrogens with zero attached hydrogens (tertiary/aromatic N) is 2. The van der Waals surface area contributed by atoms with E-state index in [1.165, 1.54) is 11.1 Å². The second-order valence-electron chi connectivity index (χ2n) is 5.74. The highest BCUT2D eigenvalue weighted by atomic mass is 35.5. The van der Waals surface area contributed by atoms with Crippen molar-refractivity contribution in [2.24, 2.45) is 5.10 Å². The summed E-state index contributed by atoms with van der Waals surface area (Å²) in [6.45, 7) is 1.45. The van der Waals surface area contributed by atoms with Crippen LogP contribution < -0.4 is 0 Å². The van der Waals surface area contributed by atoms with Crippen LogP contribution in [0.15, 0.2) is 84.0 Å². The van der Waals surface area contributed by atoms with Gasteiger partial charge in [0.15, 0.2) is 0 Å². The van der Waals surface area contributed by atoms with Gasteiger partial charge in [-0.15, -0.1) is 0 Å². The average Bonchev–Trinajstić information content (AvgIpc) is 2.61. The van der Waals surface area contributed by atoms with Crippen LogP contribution in [0.4, 0.5) is 0 Å². The Morgan fingerprint density at radius 1 is 0.720 bits per heavy atom. The third kappa shape index (κ3) is 5.63. The van der Waals surface area contributed by atoms with Crippen molar-refractivity contribution in [1.29, 1.82) is 0 Å². The molecule has 0 aliphatic rings. The highest BCUT2D eigenvalue weighted by molar-refractivity contribution is 6.35. The highest BCUT2D eigenvalue weighted by Gasteiger charge is 2.04. The molecule has 0 amide bonds. The first-order valence-corrected chi connectivity index (χ1v) is 8.77. The molecule has 4 heteroatoms. The minimum atomic E-state index is 0.603. The van der Waals surface area contributed by atoms with Gasteiger partial charge in [-0.3, -0.25) is 5.01 Å². The molecule has 0 bridgehead atoms. The van der Waals surface area contributed by atoms with Crippen LogP contribution in [0.25, 0.3) is 0 Å². The fourth-order valence-electron chi connectivity index (χ4n) is 2.52. The molecule has 0 unspecified atom stereocenters. The number of hydrogen-bond donors (Lipinski definition) is 0. The van der Waals surface area contributed by atoms with Crippen LogP contribution in [0.1, 0.15) is 16.7 Å². The Morgan fingerprint density at radius 2 is 1.20 bits per heavy atom. The van der Waals surface area contributed by atoms with Gasteiger partial charge in [0.25, 0.3) is 0 Å². The Labute approximate surface area is 158 Å². The Morgan fingerprint density at radius 3 is 1.68 bits per heavy atom. The summed E-state index contributed by atoms with van der Waals surface area (Å²) < 4.78 is 0. The summed E-state index contributed by atoms with van der Waals surface area (Å²) in [5.74, 6) is 0. The summed E-state index contributed by atoms with van der Waals surface area (Å²) in [4.78, 5) is 0. The minimum Gasteiger partial charge on any atom is -0.288 e. The Bertz CT molecular complexity index is 771. The molecule has 25 heavy (non-hydrogen) atoms. The third-order valence-corrected chi connectivity index (χ3v) is 4.11. The molecular formula is C21H18Cl2N2. The van der Waals surface area contributed by atoms with E-state index in [4.69, 9.17) is 23.2 Å². The van der Waals surface area contributed by atoms with Crippen LogP contribution >= 0.6 is 23.2 Å². The van der Waals surface area contributed by atoms with Crippen LogP contribution in [0, 0.1) is 0 Å². The minimum absolute atomic E-state index is 0.603. The molecule has 0 fully saturated rings. The van der Waals surface area contributed by atoms with Crippen molar-refractivity contribution in [3.05, 3.63) is 106 Å². The Kier molecular flexibility index (Phi) is 6.10. The molecule has 126 valence electrons. The van der Waals surface area contributed by atoms with Gasteiger partial charge >= 0.3 is 0 Å². The molecule has 0 spiro atoms. The van der Waals surface area contributed by atoms with Gasteiger partial charge in [-0.1, -0.05) is 83.9 Å². The van der Waals surface area contributed by atoms with E-state index in [0.29, 0.717) is 10.0 Å². The zero-order chi connectivity index (χ0) is 17.5. The highest BCUT2D eigenvalue weighted by Crippen LogP contribution is 2.18. The van der Waals surface area contributed by atoms with Gasteiger partial charge in [-0.2, -0.15) is 5.10 Å². The molecule has 2 nitrogen and oxygen atoms in total. The van der Waals surface area contributed by atoms with Gasteiger partial charge in [-0.25, -0.2) is 0 Å². The molecule has 3 aromatic carbocycles. The van der Waals surface area contributed by atoms with E-state index in [-0.39, 0.29) is 0 Å². The second kappa shape index (κ2) is 8.70. The number of rotatable bonds is 6. The molecule has 0 atom stereocenters. The molecule has 3 aromatic rings. The van der Waals surface area contributed by atoms with Crippen molar-refractivity contribution in [1.82, 2.24) is 5.01 Å².